The molecule has 0 aliphatic carbocycles. The molecule has 2 aromatic carbocycles. The lowest BCUT2D eigenvalue weighted by Gasteiger charge is -2.31. The van der Waals surface area contributed by atoms with Crippen molar-refractivity contribution >= 4 is 12.2 Å². The van der Waals surface area contributed by atoms with Crippen molar-refractivity contribution in [2.75, 3.05) is 14.2 Å². The molecule has 8 nitrogen and oxygen atoms in total. The Bertz CT molecular complexity index is 1010. The lowest BCUT2D eigenvalue weighted by Crippen LogP contribution is -2.31. The molecule has 0 saturated carbocycles. The number of dihydropyridines is 1. The molecule has 0 spiro atoms. The average Bonchev–Trinajstić information content (AvgIpc) is 2.81. The van der Waals surface area contributed by atoms with Crippen LogP contribution in [0.15, 0.2) is 77.5 Å². The van der Waals surface area contributed by atoms with Crippen LogP contribution in [0.4, 0.5) is 9.59 Å². The van der Waals surface area contributed by atoms with Crippen LogP contribution in [0.5, 0.6) is 5.75 Å². The van der Waals surface area contributed by atoms with Crippen molar-refractivity contribution in [3.63, 3.8) is 0 Å². The largest absolute Gasteiger partial charge is 0.513 e. The maximum Gasteiger partial charge on any atom is 0.513 e. The van der Waals surface area contributed by atoms with Crippen LogP contribution in [0, 0.1) is 0 Å². The van der Waals surface area contributed by atoms with Crippen molar-refractivity contribution in [3.05, 3.63) is 88.6 Å². The SMILES string of the molecule is CNC(=O)OC1=C(C)NC(C)=C(OC(=O)OC)C1c1ccccc1OCc1ccccc1. The summed E-state index contributed by atoms with van der Waals surface area (Å²) in [5, 5.41) is 5.54. The van der Waals surface area contributed by atoms with Crippen LogP contribution in [0.25, 0.3) is 0 Å². The van der Waals surface area contributed by atoms with E-state index in [1.54, 1.807) is 13.8 Å². The quantitative estimate of drug-likeness (QED) is 0.639. The van der Waals surface area contributed by atoms with Gasteiger partial charge in [0.15, 0.2) is 0 Å². The molecule has 0 bridgehead atoms. The van der Waals surface area contributed by atoms with E-state index in [4.69, 9.17) is 18.9 Å². The number of carbonyl (C=O) groups excluding carboxylic acids is 2. The summed E-state index contributed by atoms with van der Waals surface area (Å²) in [6, 6.07) is 17.1. The molecule has 32 heavy (non-hydrogen) atoms. The zero-order chi connectivity index (χ0) is 23.1. The van der Waals surface area contributed by atoms with Gasteiger partial charge < -0.3 is 29.6 Å². The number of hydrogen-bond acceptors (Lipinski definition) is 7. The van der Waals surface area contributed by atoms with E-state index >= 15 is 0 Å². The van der Waals surface area contributed by atoms with E-state index in [0.29, 0.717) is 29.3 Å². The number of ether oxygens (including phenoxy) is 4. The molecule has 0 radical (unpaired) electrons. The summed E-state index contributed by atoms with van der Waals surface area (Å²) in [5.74, 6) is 0.370. The van der Waals surface area contributed by atoms with Crippen LogP contribution in [0.3, 0.4) is 0 Å². The van der Waals surface area contributed by atoms with Crippen molar-refractivity contribution in [1.82, 2.24) is 10.6 Å². The zero-order valence-corrected chi connectivity index (χ0v) is 18.4. The highest BCUT2D eigenvalue weighted by molar-refractivity contribution is 5.69. The third-order valence-corrected chi connectivity index (χ3v) is 4.87. The second kappa shape index (κ2) is 10.4. The van der Waals surface area contributed by atoms with Gasteiger partial charge in [0, 0.05) is 12.6 Å². The lowest BCUT2D eigenvalue weighted by molar-refractivity contribution is 0.0887. The van der Waals surface area contributed by atoms with Gasteiger partial charge in [-0.3, -0.25) is 0 Å². The van der Waals surface area contributed by atoms with Crippen LogP contribution in [0.2, 0.25) is 0 Å². The van der Waals surface area contributed by atoms with Crippen LogP contribution in [0.1, 0.15) is 30.9 Å². The summed E-state index contributed by atoms with van der Waals surface area (Å²) in [7, 11) is 2.69. The molecule has 2 N–H and O–H groups in total. The van der Waals surface area contributed by atoms with Crippen LogP contribution < -0.4 is 15.4 Å². The number of alkyl carbamates (subject to hydrolysis) is 1. The molecule has 8 heteroatoms. The Morgan fingerprint density at radius 1 is 0.938 bits per heavy atom. The molecule has 1 aliphatic heterocycles. The zero-order valence-electron chi connectivity index (χ0n) is 18.4. The minimum atomic E-state index is -0.882. The molecule has 1 aliphatic rings. The molecule has 2 aromatic rings. The standard InChI is InChI=1S/C24H26N2O6/c1-15-21(31-23(27)25-3)20(22(16(2)26-15)32-24(28)29-4)18-12-8-9-13-19(18)30-14-17-10-6-5-7-11-17/h5-13,20,26H,14H2,1-4H3,(H,25,27). The summed E-state index contributed by atoms with van der Waals surface area (Å²) in [4.78, 5) is 24.1. The normalized spacial score (nSPS) is 15.6. The van der Waals surface area contributed by atoms with Gasteiger partial charge in [0.25, 0.3) is 0 Å². The van der Waals surface area contributed by atoms with Gasteiger partial charge in [-0.25, -0.2) is 9.59 Å². The number of rotatable bonds is 6. The van der Waals surface area contributed by atoms with Crippen LogP contribution >= 0.6 is 0 Å². The minimum absolute atomic E-state index is 0.247. The second-order valence-electron chi connectivity index (χ2n) is 7.04. The number of hydrogen-bond donors (Lipinski definition) is 2. The first-order valence-corrected chi connectivity index (χ1v) is 10.0. The lowest BCUT2D eigenvalue weighted by atomic mass is 9.90. The first-order chi connectivity index (χ1) is 15.4. The second-order valence-corrected chi connectivity index (χ2v) is 7.04. The third-order valence-electron chi connectivity index (χ3n) is 4.87. The van der Waals surface area contributed by atoms with Gasteiger partial charge >= 0.3 is 12.2 Å². The number of amides is 1. The highest BCUT2D eigenvalue weighted by atomic mass is 16.7. The molecule has 0 saturated heterocycles. The van der Waals surface area contributed by atoms with Crippen molar-refractivity contribution in [2.45, 2.75) is 26.4 Å². The first-order valence-electron chi connectivity index (χ1n) is 10.0. The van der Waals surface area contributed by atoms with Crippen LogP contribution in [-0.2, 0) is 20.8 Å². The van der Waals surface area contributed by atoms with Crippen molar-refractivity contribution in [3.8, 4) is 5.75 Å². The van der Waals surface area contributed by atoms with E-state index in [9.17, 15) is 9.59 Å². The summed E-state index contributed by atoms with van der Waals surface area (Å²) >= 11 is 0. The number of benzene rings is 2. The summed E-state index contributed by atoms with van der Waals surface area (Å²) in [6.07, 6.45) is -1.53. The molecule has 3 rings (SSSR count). The fraction of sp³-hybridized carbons (Fsp3) is 0.250. The van der Waals surface area contributed by atoms with Crippen LogP contribution in [-0.4, -0.2) is 26.4 Å². The summed E-state index contributed by atoms with van der Waals surface area (Å²) < 4.78 is 21.9. The molecule has 1 unspecified atom stereocenters. The monoisotopic (exact) mass is 438 g/mol. The Balaban J connectivity index is 2.05. The van der Waals surface area contributed by atoms with Crippen molar-refractivity contribution in [2.24, 2.45) is 0 Å². The predicted octanol–water partition coefficient (Wildman–Crippen LogP) is 4.55. The molecular weight excluding hydrogens is 412 g/mol. The Labute approximate surface area is 186 Å². The topological polar surface area (TPSA) is 95.1 Å². The van der Waals surface area contributed by atoms with E-state index in [1.165, 1.54) is 14.2 Å². The number of para-hydroxylation sites is 1. The maximum absolute atomic E-state index is 12.1. The van der Waals surface area contributed by atoms with Crippen molar-refractivity contribution in [1.29, 1.82) is 0 Å². The molecular formula is C24H26N2O6. The Kier molecular flexibility index (Phi) is 7.38. The fourth-order valence-electron chi connectivity index (χ4n) is 3.38. The fourth-order valence-corrected chi connectivity index (χ4v) is 3.38. The molecule has 0 aromatic heterocycles. The molecule has 168 valence electrons. The van der Waals surface area contributed by atoms with Gasteiger partial charge in [-0.1, -0.05) is 48.5 Å². The van der Waals surface area contributed by atoms with Crippen molar-refractivity contribution < 1.29 is 28.5 Å². The van der Waals surface area contributed by atoms with Gasteiger partial charge in [-0.2, -0.15) is 0 Å². The summed E-state index contributed by atoms with van der Waals surface area (Å²) in [5.41, 5.74) is 2.85. The smallest absolute Gasteiger partial charge is 0.489 e. The van der Waals surface area contributed by atoms with E-state index in [0.717, 1.165) is 5.56 Å². The van der Waals surface area contributed by atoms with E-state index in [-0.39, 0.29) is 11.5 Å². The van der Waals surface area contributed by atoms with Gasteiger partial charge in [-0.05, 0) is 25.5 Å². The van der Waals surface area contributed by atoms with E-state index in [1.807, 2.05) is 54.6 Å². The van der Waals surface area contributed by atoms with Gasteiger partial charge in [0.2, 0.25) is 0 Å². The highest BCUT2D eigenvalue weighted by Gasteiger charge is 2.36. The summed E-state index contributed by atoms with van der Waals surface area (Å²) in [6.45, 7) is 3.88. The van der Waals surface area contributed by atoms with E-state index in [2.05, 4.69) is 10.6 Å². The Hall–Kier alpha value is -3.94. The van der Waals surface area contributed by atoms with Gasteiger partial charge in [0.05, 0.1) is 18.5 Å². The molecule has 1 atom stereocenters. The first kappa shape index (κ1) is 22.7. The number of carbonyl (C=O) groups is 2. The van der Waals surface area contributed by atoms with E-state index < -0.39 is 18.2 Å². The molecule has 1 heterocycles. The predicted molar refractivity (Wildman–Crippen MR) is 118 cm³/mol. The minimum Gasteiger partial charge on any atom is -0.489 e. The highest BCUT2D eigenvalue weighted by Crippen LogP contribution is 2.43. The Morgan fingerprint density at radius 2 is 1.56 bits per heavy atom. The Morgan fingerprint density at radius 3 is 2.22 bits per heavy atom. The number of nitrogens with one attached hydrogen (secondary N) is 2. The average molecular weight is 438 g/mol. The molecule has 1 amide bonds. The number of methoxy groups -OCH3 is 1. The van der Waals surface area contributed by atoms with Gasteiger partial charge in [0.1, 0.15) is 29.8 Å². The van der Waals surface area contributed by atoms with Gasteiger partial charge in [-0.15, -0.1) is 0 Å². The maximum atomic E-state index is 12.1. The number of allylic oxidation sites excluding steroid dienone is 2. The molecule has 0 fully saturated rings. The third kappa shape index (κ3) is 5.21.